The minimum Gasteiger partial charge on any atom is -0.468 e. The lowest BCUT2D eigenvalue weighted by atomic mass is 9.80. The summed E-state index contributed by atoms with van der Waals surface area (Å²) in [5.74, 6) is -3.35. The summed E-state index contributed by atoms with van der Waals surface area (Å²) in [6, 6.07) is 1.63. The Hall–Kier alpha value is -3.71. The highest BCUT2D eigenvalue weighted by molar-refractivity contribution is 6.02. The summed E-state index contributed by atoms with van der Waals surface area (Å²) in [4.78, 5) is 26.8. The van der Waals surface area contributed by atoms with Crippen LogP contribution in [0.25, 0.3) is 5.57 Å². The van der Waals surface area contributed by atoms with Crippen LogP contribution in [-0.2, 0) is 32.8 Å². The highest BCUT2D eigenvalue weighted by Gasteiger charge is 2.42. The van der Waals surface area contributed by atoms with Gasteiger partial charge in [-0.05, 0) is 60.9 Å². The van der Waals surface area contributed by atoms with Crippen LogP contribution in [0.5, 0.6) is 0 Å². The average molecular weight is 583 g/mol. The van der Waals surface area contributed by atoms with Gasteiger partial charge < -0.3 is 9.47 Å². The van der Waals surface area contributed by atoms with Crippen molar-refractivity contribution in [3.05, 3.63) is 70.3 Å². The van der Waals surface area contributed by atoms with E-state index in [9.17, 15) is 49.1 Å². The van der Waals surface area contributed by atoms with Crippen LogP contribution >= 0.6 is 0 Å². The minimum absolute atomic E-state index is 0.0903. The number of fused-ring (bicyclic) bond motifs is 1. The number of methoxy groups -OCH3 is 1. The fourth-order valence-corrected chi connectivity index (χ4v) is 4.39. The zero-order chi connectivity index (χ0) is 30.2. The lowest BCUT2D eigenvalue weighted by Crippen LogP contribution is -2.42. The highest BCUT2D eigenvalue weighted by Crippen LogP contribution is 2.47. The number of benzene rings is 2. The second-order valence-electron chi connectivity index (χ2n) is 8.69. The quantitative estimate of drug-likeness (QED) is 0.266. The van der Waals surface area contributed by atoms with Crippen LogP contribution in [0.1, 0.15) is 54.0 Å². The van der Waals surface area contributed by atoms with Gasteiger partial charge in [0.1, 0.15) is 5.92 Å². The number of amides is 1. The zero-order valence-electron chi connectivity index (χ0n) is 21.1. The number of anilines is 1. The molecule has 1 aliphatic rings. The molecule has 0 aromatic heterocycles. The number of ether oxygens (including phenoxy) is 2. The Bertz CT molecular complexity index is 1280. The zero-order valence-corrected chi connectivity index (χ0v) is 21.1. The summed E-state index contributed by atoms with van der Waals surface area (Å²) in [5.41, 5.74) is -6.49. The highest BCUT2D eigenvalue weighted by atomic mass is 19.4. The molecule has 2 aromatic carbocycles. The van der Waals surface area contributed by atoms with Gasteiger partial charge in [-0.1, -0.05) is 13.0 Å². The summed E-state index contributed by atoms with van der Waals surface area (Å²) < 4.78 is 132. The van der Waals surface area contributed by atoms with Gasteiger partial charge >= 0.3 is 30.6 Å². The van der Waals surface area contributed by atoms with Crippen molar-refractivity contribution in [2.45, 2.75) is 50.8 Å². The van der Waals surface area contributed by atoms with Gasteiger partial charge in [0.2, 0.25) is 0 Å². The van der Waals surface area contributed by atoms with E-state index >= 15 is 0 Å². The van der Waals surface area contributed by atoms with Crippen LogP contribution in [0.2, 0.25) is 0 Å². The molecule has 40 heavy (non-hydrogen) atoms. The number of hydrogen-bond donors (Lipinski definition) is 0. The van der Waals surface area contributed by atoms with Gasteiger partial charge in [-0.25, -0.2) is 4.79 Å². The smallest absolute Gasteiger partial charge is 0.416 e. The first kappa shape index (κ1) is 30.8. The predicted molar refractivity (Wildman–Crippen MR) is 124 cm³/mol. The van der Waals surface area contributed by atoms with E-state index in [1.165, 1.54) is 6.92 Å². The number of carbonyl (C=O) groups excluding carboxylic acids is 2. The number of esters is 1. The molecule has 0 radical (unpaired) electrons. The van der Waals surface area contributed by atoms with Crippen LogP contribution < -0.4 is 4.90 Å². The molecule has 0 spiro atoms. The minimum atomic E-state index is -5.26. The standard InChI is InChI=1S/C26H22F9NO4/c1-4-17-12-19(18-11-14(24(27,28)29)6-7-20(18)36(17)23(38)40-5-2)21(22(37)39-3)13-8-15(25(30,31)32)10-16(9-13)26(33,34)35/h6-12,17,21H,4-5H2,1-3H3/t17-,21?/m0/s1. The fourth-order valence-electron chi connectivity index (χ4n) is 4.39. The Morgan fingerprint density at radius 3 is 1.85 bits per heavy atom. The third-order valence-corrected chi connectivity index (χ3v) is 6.17. The average Bonchev–Trinajstić information content (AvgIpc) is 2.86. The van der Waals surface area contributed by atoms with Crippen molar-refractivity contribution in [3.8, 4) is 0 Å². The van der Waals surface area contributed by atoms with Crippen molar-refractivity contribution in [2.24, 2.45) is 0 Å². The summed E-state index contributed by atoms with van der Waals surface area (Å²) in [7, 11) is 0.826. The monoisotopic (exact) mass is 583 g/mol. The lowest BCUT2D eigenvalue weighted by Gasteiger charge is -2.37. The molecule has 0 saturated carbocycles. The maximum Gasteiger partial charge on any atom is 0.416 e. The van der Waals surface area contributed by atoms with E-state index in [-0.39, 0.29) is 30.4 Å². The first-order valence-electron chi connectivity index (χ1n) is 11.7. The molecular weight excluding hydrogens is 561 g/mol. The molecule has 0 bridgehead atoms. The van der Waals surface area contributed by atoms with Crippen molar-refractivity contribution in [1.29, 1.82) is 0 Å². The Labute approximate surface area is 222 Å². The van der Waals surface area contributed by atoms with E-state index in [1.54, 1.807) is 6.92 Å². The number of nitrogens with zero attached hydrogens (tertiary/aromatic N) is 1. The first-order valence-corrected chi connectivity index (χ1v) is 11.7. The second kappa shape index (κ2) is 11.0. The van der Waals surface area contributed by atoms with E-state index in [2.05, 4.69) is 0 Å². The predicted octanol–water partition coefficient (Wildman–Crippen LogP) is 7.84. The number of alkyl halides is 9. The van der Waals surface area contributed by atoms with Gasteiger partial charge in [0.15, 0.2) is 0 Å². The van der Waals surface area contributed by atoms with E-state index in [0.717, 1.165) is 24.2 Å². The molecule has 0 aliphatic carbocycles. The molecule has 0 saturated heterocycles. The van der Waals surface area contributed by atoms with Crippen molar-refractivity contribution in [1.82, 2.24) is 0 Å². The molecule has 1 aliphatic heterocycles. The fraction of sp³-hybridized carbons (Fsp3) is 0.385. The van der Waals surface area contributed by atoms with Crippen molar-refractivity contribution >= 4 is 23.3 Å². The molecule has 1 heterocycles. The third-order valence-electron chi connectivity index (χ3n) is 6.17. The van der Waals surface area contributed by atoms with Crippen molar-refractivity contribution < 1.29 is 58.6 Å². The number of halogens is 9. The van der Waals surface area contributed by atoms with Crippen molar-refractivity contribution in [2.75, 3.05) is 18.6 Å². The Balaban J connectivity index is 2.40. The number of carbonyl (C=O) groups is 2. The third kappa shape index (κ3) is 6.20. The first-order chi connectivity index (χ1) is 18.4. The van der Waals surface area contributed by atoms with Crippen LogP contribution in [0, 0.1) is 0 Å². The van der Waals surface area contributed by atoms with E-state index in [4.69, 9.17) is 9.47 Å². The van der Waals surface area contributed by atoms with Gasteiger partial charge in [0.05, 0.1) is 42.1 Å². The molecule has 1 unspecified atom stereocenters. The largest absolute Gasteiger partial charge is 0.468 e. The molecule has 218 valence electrons. The van der Waals surface area contributed by atoms with Crippen LogP contribution in [0.4, 0.5) is 50.0 Å². The summed E-state index contributed by atoms with van der Waals surface area (Å²) in [6.45, 7) is 2.95. The normalized spacial score (nSPS) is 16.6. The molecule has 2 aromatic rings. The summed E-state index contributed by atoms with van der Waals surface area (Å²) in [6.07, 6.45) is -15.2. The maximum atomic E-state index is 13.7. The summed E-state index contributed by atoms with van der Waals surface area (Å²) >= 11 is 0. The van der Waals surface area contributed by atoms with Crippen molar-refractivity contribution in [3.63, 3.8) is 0 Å². The van der Waals surface area contributed by atoms with Crippen LogP contribution in [0.3, 0.4) is 0 Å². The molecule has 5 nitrogen and oxygen atoms in total. The van der Waals surface area contributed by atoms with Gasteiger partial charge in [-0.15, -0.1) is 0 Å². The SMILES string of the molecule is CCOC(=O)N1c2ccc(C(F)(F)F)cc2C(C(C(=O)OC)c2cc(C(F)(F)F)cc(C(F)(F)F)c2)=C[C@@H]1CC. The Morgan fingerprint density at radius 2 is 1.40 bits per heavy atom. The molecule has 0 fully saturated rings. The van der Waals surface area contributed by atoms with Gasteiger partial charge in [0, 0.05) is 5.56 Å². The van der Waals surface area contributed by atoms with E-state index < -0.39 is 70.4 Å². The Morgan fingerprint density at radius 1 is 0.850 bits per heavy atom. The molecule has 14 heteroatoms. The summed E-state index contributed by atoms with van der Waals surface area (Å²) in [5, 5.41) is 0. The lowest BCUT2D eigenvalue weighted by molar-refractivity contribution is -0.144. The van der Waals surface area contributed by atoms with E-state index in [0.29, 0.717) is 24.3 Å². The molecule has 1 amide bonds. The topological polar surface area (TPSA) is 55.8 Å². The van der Waals surface area contributed by atoms with Gasteiger partial charge in [-0.3, -0.25) is 9.69 Å². The van der Waals surface area contributed by atoms with E-state index in [1.807, 2.05) is 0 Å². The Kier molecular flexibility index (Phi) is 8.51. The molecule has 2 atom stereocenters. The van der Waals surface area contributed by atoms with Gasteiger partial charge in [0.25, 0.3) is 0 Å². The molecular formula is C26H22F9NO4. The molecule has 0 N–H and O–H groups in total. The second-order valence-corrected chi connectivity index (χ2v) is 8.69. The molecule has 3 rings (SSSR count). The number of rotatable bonds is 5. The van der Waals surface area contributed by atoms with Gasteiger partial charge in [-0.2, -0.15) is 39.5 Å². The van der Waals surface area contributed by atoms with Crippen LogP contribution in [-0.4, -0.2) is 31.8 Å². The maximum absolute atomic E-state index is 13.7. The number of hydrogen-bond acceptors (Lipinski definition) is 4. The van der Waals surface area contributed by atoms with Crippen LogP contribution in [0.15, 0.2) is 42.5 Å².